The van der Waals surface area contributed by atoms with E-state index in [2.05, 4.69) is 13.5 Å². The highest BCUT2D eigenvalue weighted by atomic mass is 16.5. The van der Waals surface area contributed by atoms with Crippen molar-refractivity contribution in [2.24, 2.45) is 5.73 Å². The van der Waals surface area contributed by atoms with Crippen molar-refractivity contribution in [1.82, 2.24) is 0 Å². The summed E-state index contributed by atoms with van der Waals surface area (Å²) in [4.78, 5) is 0. The summed E-state index contributed by atoms with van der Waals surface area (Å²) < 4.78 is 5.32. The fourth-order valence-electron chi connectivity index (χ4n) is 0.987. The Morgan fingerprint density at radius 2 is 2.33 bits per heavy atom. The molecule has 0 fully saturated rings. The average Bonchev–Trinajstić information content (AvgIpc) is 2.06. The molecule has 0 bridgehead atoms. The van der Waals surface area contributed by atoms with Crippen LogP contribution >= 0.6 is 0 Å². The Bertz CT molecular complexity index is 104. The minimum atomic E-state index is 0.205. The van der Waals surface area contributed by atoms with E-state index in [0.29, 0.717) is 6.61 Å². The Kier molecular flexibility index (Phi) is 8.51. The van der Waals surface area contributed by atoms with E-state index >= 15 is 0 Å². The second-order valence-corrected chi connectivity index (χ2v) is 3.05. The summed E-state index contributed by atoms with van der Waals surface area (Å²) in [6.07, 6.45) is 6.22. The van der Waals surface area contributed by atoms with Crippen molar-refractivity contribution in [2.75, 3.05) is 13.2 Å². The van der Waals surface area contributed by atoms with Gasteiger partial charge in [-0.15, -0.1) is 6.58 Å². The van der Waals surface area contributed by atoms with Crippen molar-refractivity contribution in [1.29, 1.82) is 0 Å². The van der Waals surface area contributed by atoms with Gasteiger partial charge in [0, 0.05) is 12.6 Å². The fourth-order valence-corrected chi connectivity index (χ4v) is 0.987. The van der Waals surface area contributed by atoms with E-state index in [9.17, 15) is 0 Å². The SMILES string of the molecule is C=CCCCC(N)COCCC. The maximum absolute atomic E-state index is 5.80. The van der Waals surface area contributed by atoms with Gasteiger partial charge in [0.25, 0.3) is 0 Å². The molecular weight excluding hydrogens is 150 g/mol. The van der Waals surface area contributed by atoms with E-state index in [1.54, 1.807) is 0 Å². The van der Waals surface area contributed by atoms with E-state index < -0.39 is 0 Å². The molecule has 0 aromatic carbocycles. The number of ether oxygens (including phenoxy) is 1. The van der Waals surface area contributed by atoms with Gasteiger partial charge in [0.2, 0.25) is 0 Å². The first-order valence-corrected chi connectivity index (χ1v) is 4.75. The van der Waals surface area contributed by atoms with Crippen LogP contribution in [0.3, 0.4) is 0 Å². The number of unbranched alkanes of at least 4 members (excludes halogenated alkanes) is 1. The maximum atomic E-state index is 5.80. The van der Waals surface area contributed by atoms with Crippen molar-refractivity contribution in [3.8, 4) is 0 Å². The van der Waals surface area contributed by atoms with Crippen LogP contribution in [0.1, 0.15) is 32.6 Å². The zero-order valence-electron chi connectivity index (χ0n) is 8.09. The normalized spacial score (nSPS) is 12.8. The van der Waals surface area contributed by atoms with Crippen molar-refractivity contribution in [3.63, 3.8) is 0 Å². The summed E-state index contributed by atoms with van der Waals surface area (Å²) in [5, 5.41) is 0. The molecule has 0 aliphatic rings. The van der Waals surface area contributed by atoms with Gasteiger partial charge in [-0.2, -0.15) is 0 Å². The molecule has 0 amide bonds. The van der Waals surface area contributed by atoms with Gasteiger partial charge in [-0.25, -0.2) is 0 Å². The van der Waals surface area contributed by atoms with Gasteiger partial charge >= 0.3 is 0 Å². The van der Waals surface area contributed by atoms with Crippen LogP contribution in [0.4, 0.5) is 0 Å². The van der Waals surface area contributed by atoms with E-state index in [4.69, 9.17) is 10.5 Å². The van der Waals surface area contributed by atoms with Crippen molar-refractivity contribution in [3.05, 3.63) is 12.7 Å². The molecule has 2 heteroatoms. The van der Waals surface area contributed by atoms with E-state index in [1.165, 1.54) is 0 Å². The first-order valence-electron chi connectivity index (χ1n) is 4.75. The first kappa shape index (κ1) is 11.7. The van der Waals surface area contributed by atoms with Gasteiger partial charge in [-0.05, 0) is 25.7 Å². The lowest BCUT2D eigenvalue weighted by Gasteiger charge is -2.10. The highest BCUT2D eigenvalue weighted by molar-refractivity contribution is 4.68. The molecule has 0 aliphatic heterocycles. The standard InChI is InChI=1S/C10H21NO/c1-3-5-6-7-10(11)9-12-8-4-2/h3,10H,1,4-9,11H2,2H3. The molecule has 2 N–H and O–H groups in total. The van der Waals surface area contributed by atoms with Crippen LogP contribution in [0.25, 0.3) is 0 Å². The maximum Gasteiger partial charge on any atom is 0.0617 e. The lowest BCUT2D eigenvalue weighted by molar-refractivity contribution is 0.119. The van der Waals surface area contributed by atoms with Gasteiger partial charge in [0.1, 0.15) is 0 Å². The largest absolute Gasteiger partial charge is 0.380 e. The zero-order valence-corrected chi connectivity index (χ0v) is 8.09. The molecule has 1 unspecified atom stereocenters. The minimum absolute atomic E-state index is 0.205. The summed E-state index contributed by atoms with van der Waals surface area (Å²) in [5.74, 6) is 0. The third-order valence-corrected chi connectivity index (χ3v) is 1.66. The zero-order chi connectivity index (χ0) is 9.23. The third kappa shape index (κ3) is 7.76. The smallest absolute Gasteiger partial charge is 0.0617 e. The molecular formula is C10H21NO. The number of hydrogen-bond acceptors (Lipinski definition) is 2. The molecule has 0 aromatic rings. The molecule has 0 aliphatic carbocycles. The molecule has 0 saturated heterocycles. The molecule has 0 aromatic heterocycles. The van der Waals surface area contributed by atoms with Crippen molar-refractivity contribution >= 4 is 0 Å². The van der Waals surface area contributed by atoms with Crippen LogP contribution in [-0.2, 0) is 4.74 Å². The van der Waals surface area contributed by atoms with Crippen LogP contribution in [0, 0.1) is 0 Å². The quantitative estimate of drug-likeness (QED) is 0.448. The van der Waals surface area contributed by atoms with Gasteiger partial charge in [0.05, 0.1) is 6.61 Å². The third-order valence-electron chi connectivity index (χ3n) is 1.66. The Morgan fingerprint density at radius 1 is 1.58 bits per heavy atom. The number of nitrogens with two attached hydrogens (primary N) is 1. The van der Waals surface area contributed by atoms with Crippen LogP contribution < -0.4 is 5.73 Å². The van der Waals surface area contributed by atoms with Gasteiger partial charge in [-0.3, -0.25) is 0 Å². The van der Waals surface area contributed by atoms with Gasteiger partial charge in [-0.1, -0.05) is 13.0 Å². The van der Waals surface area contributed by atoms with Crippen molar-refractivity contribution in [2.45, 2.75) is 38.6 Å². The molecule has 0 radical (unpaired) electrons. The summed E-state index contributed by atoms with van der Waals surface area (Å²) in [6, 6.07) is 0.205. The Labute approximate surface area is 75.8 Å². The van der Waals surface area contributed by atoms with E-state index in [1.807, 2.05) is 6.08 Å². The average molecular weight is 171 g/mol. The van der Waals surface area contributed by atoms with Gasteiger partial charge in [0.15, 0.2) is 0 Å². The summed E-state index contributed by atoms with van der Waals surface area (Å²) in [6.45, 7) is 7.29. The second-order valence-electron chi connectivity index (χ2n) is 3.05. The molecule has 72 valence electrons. The highest BCUT2D eigenvalue weighted by Crippen LogP contribution is 1.99. The highest BCUT2D eigenvalue weighted by Gasteiger charge is 2.00. The fraction of sp³-hybridized carbons (Fsp3) is 0.800. The number of rotatable bonds is 8. The molecule has 0 saturated carbocycles. The van der Waals surface area contributed by atoms with Crippen molar-refractivity contribution < 1.29 is 4.74 Å². The Morgan fingerprint density at radius 3 is 2.92 bits per heavy atom. The Hall–Kier alpha value is -0.340. The Balaban J connectivity index is 3.09. The van der Waals surface area contributed by atoms with Crippen LogP contribution in [0.2, 0.25) is 0 Å². The lowest BCUT2D eigenvalue weighted by Crippen LogP contribution is -2.26. The monoisotopic (exact) mass is 171 g/mol. The molecule has 0 rings (SSSR count). The molecule has 12 heavy (non-hydrogen) atoms. The topological polar surface area (TPSA) is 35.2 Å². The molecule has 0 spiro atoms. The van der Waals surface area contributed by atoms with Crippen LogP contribution in [0.15, 0.2) is 12.7 Å². The number of hydrogen-bond donors (Lipinski definition) is 1. The van der Waals surface area contributed by atoms with Gasteiger partial charge < -0.3 is 10.5 Å². The minimum Gasteiger partial charge on any atom is -0.380 e. The predicted octanol–water partition coefficient (Wildman–Crippen LogP) is 2.10. The van der Waals surface area contributed by atoms with Crippen LogP contribution in [-0.4, -0.2) is 19.3 Å². The summed E-state index contributed by atoms with van der Waals surface area (Å²) >= 11 is 0. The second kappa shape index (κ2) is 8.75. The molecule has 2 nitrogen and oxygen atoms in total. The van der Waals surface area contributed by atoms with E-state index in [0.717, 1.165) is 32.3 Å². The van der Waals surface area contributed by atoms with E-state index in [-0.39, 0.29) is 6.04 Å². The molecule has 0 heterocycles. The lowest BCUT2D eigenvalue weighted by atomic mass is 10.1. The predicted molar refractivity (Wildman–Crippen MR) is 53.1 cm³/mol. The molecule has 1 atom stereocenters. The first-order chi connectivity index (χ1) is 5.81. The summed E-state index contributed by atoms with van der Waals surface area (Å²) in [7, 11) is 0. The number of allylic oxidation sites excluding steroid dienone is 1. The summed E-state index contributed by atoms with van der Waals surface area (Å²) in [5.41, 5.74) is 5.80. The van der Waals surface area contributed by atoms with Crippen LogP contribution in [0.5, 0.6) is 0 Å².